The summed E-state index contributed by atoms with van der Waals surface area (Å²) in [5.41, 5.74) is 3.07. The summed E-state index contributed by atoms with van der Waals surface area (Å²) in [6.45, 7) is 7.94. The Hall–Kier alpha value is -3.03. The van der Waals surface area contributed by atoms with E-state index in [9.17, 15) is 13.2 Å². The standard InChI is InChI=1S/C27H31ClN2O4S/c1-19(2)24-7-5-6-8-26(24)34-16-15-29-27(31)18-30(25-17-22(28)12-11-21(25)4)35(32,33)23-13-9-20(3)10-14-23/h5-14,17,19H,15-16,18H2,1-4H3,(H,29,31). The van der Waals surface area contributed by atoms with Crippen molar-refractivity contribution >= 4 is 33.2 Å². The number of ether oxygens (including phenoxy) is 1. The van der Waals surface area contributed by atoms with Crippen molar-refractivity contribution in [2.24, 2.45) is 0 Å². The van der Waals surface area contributed by atoms with Gasteiger partial charge in [0.25, 0.3) is 10.0 Å². The molecule has 0 unspecified atom stereocenters. The van der Waals surface area contributed by atoms with Crippen LogP contribution < -0.4 is 14.4 Å². The van der Waals surface area contributed by atoms with Crippen LogP contribution in [0.4, 0.5) is 5.69 Å². The fourth-order valence-electron chi connectivity index (χ4n) is 3.62. The van der Waals surface area contributed by atoms with Gasteiger partial charge in [0.1, 0.15) is 18.9 Å². The van der Waals surface area contributed by atoms with Gasteiger partial charge in [-0.05, 0) is 61.2 Å². The summed E-state index contributed by atoms with van der Waals surface area (Å²) in [5.74, 6) is 0.637. The van der Waals surface area contributed by atoms with E-state index in [1.165, 1.54) is 12.1 Å². The van der Waals surface area contributed by atoms with E-state index in [4.69, 9.17) is 16.3 Å². The van der Waals surface area contributed by atoms with E-state index in [1.54, 1.807) is 37.3 Å². The minimum atomic E-state index is -4.01. The Balaban J connectivity index is 1.75. The van der Waals surface area contributed by atoms with E-state index in [1.807, 2.05) is 31.2 Å². The minimum absolute atomic E-state index is 0.101. The van der Waals surface area contributed by atoms with Crippen LogP contribution in [0.5, 0.6) is 5.75 Å². The van der Waals surface area contributed by atoms with E-state index in [0.717, 1.165) is 21.2 Å². The van der Waals surface area contributed by atoms with Crippen LogP contribution >= 0.6 is 11.6 Å². The van der Waals surface area contributed by atoms with E-state index in [-0.39, 0.29) is 24.6 Å². The summed E-state index contributed by atoms with van der Waals surface area (Å²) in [6.07, 6.45) is 0. The highest BCUT2D eigenvalue weighted by Gasteiger charge is 2.28. The molecule has 0 fully saturated rings. The number of carbonyl (C=O) groups excluding carboxylic acids is 1. The van der Waals surface area contributed by atoms with Gasteiger partial charge >= 0.3 is 0 Å². The molecule has 0 aliphatic carbocycles. The van der Waals surface area contributed by atoms with Crippen LogP contribution in [0.25, 0.3) is 0 Å². The second kappa shape index (κ2) is 11.6. The smallest absolute Gasteiger partial charge is 0.264 e. The maximum Gasteiger partial charge on any atom is 0.264 e. The van der Waals surface area contributed by atoms with Gasteiger partial charge in [0.2, 0.25) is 5.91 Å². The summed E-state index contributed by atoms with van der Waals surface area (Å²) in [4.78, 5) is 12.9. The lowest BCUT2D eigenvalue weighted by Crippen LogP contribution is -2.42. The number of hydrogen-bond acceptors (Lipinski definition) is 4. The zero-order valence-electron chi connectivity index (χ0n) is 20.4. The molecule has 0 saturated heterocycles. The number of para-hydroxylation sites is 1. The highest BCUT2D eigenvalue weighted by molar-refractivity contribution is 7.92. The molecule has 0 atom stereocenters. The number of carbonyl (C=O) groups is 1. The van der Waals surface area contributed by atoms with Crippen LogP contribution in [0.1, 0.15) is 36.5 Å². The van der Waals surface area contributed by atoms with E-state index >= 15 is 0 Å². The van der Waals surface area contributed by atoms with Crippen molar-refractivity contribution in [3.63, 3.8) is 0 Å². The van der Waals surface area contributed by atoms with Crippen LogP contribution in [-0.2, 0) is 14.8 Å². The largest absolute Gasteiger partial charge is 0.491 e. The molecule has 0 radical (unpaired) electrons. The first-order valence-corrected chi connectivity index (χ1v) is 13.3. The van der Waals surface area contributed by atoms with Crippen molar-refractivity contribution < 1.29 is 17.9 Å². The number of benzene rings is 3. The first kappa shape index (κ1) is 26.6. The van der Waals surface area contributed by atoms with Crippen molar-refractivity contribution in [2.45, 2.75) is 38.5 Å². The molecular formula is C27H31ClN2O4S. The van der Waals surface area contributed by atoms with Gasteiger partial charge in [0.15, 0.2) is 0 Å². The first-order chi connectivity index (χ1) is 16.6. The molecule has 0 aromatic heterocycles. The molecular weight excluding hydrogens is 484 g/mol. The molecule has 35 heavy (non-hydrogen) atoms. The zero-order chi connectivity index (χ0) is 25.6. The Morgan fingerprint density at radius 3 is 2.40 bits per heavy atom. The Bertz CT molecular complexity index is 1270. The summed E-state index contributed by atoms with van der Waals surface area (Å²) in [6, 6.07) is 19.3. The lowest BCUT2D eigenvalue weighted by Gasteiger charge is -2.26. The van der Waals surface area contributed by atoms with Gasteiger partial charge < -0.3 is 10.1 Å². The molecule has 0 aliphatic rings. The van der Waals surface area contributed by atoms with E-state index < -0.39 is 15.9 Å². The fourth-order valence-corrected chi connectivity index (χ4v) is 5.26. The average molecular weight is 515 g/mol. The van der Waals surface area contributed by atoms with Crippen LogP contribution in [0.3, 0.4) is 0 Å². The summed E-state index contributed by atoms with van der Waals surface area (Å²) < 4.78 is 34.0. The van der Waals surface area contributed by atoms with Crippen LogP contribution in [0, 0.1) is 13.8 Å². The molecule has 0 saturated carbocycles. The Morgan fingerprint density at radius 1 is 1.03 bits per heavy atom. The summed E-state index contributed by atoms with van der Waals surface area (Å²) >= 11 is 6.17. The quantitative estimate of drug-likeness (QED) is 0.364. The van der Waals surface area contributed by atoms with Gasteiger partial charge in [-0.2, -0.15) is 0 Å². The second-order valence-corrected chi connectivity index (χ2v) is 10.9. The maximum absolute atomic E-state index is 13.5. The highest BCUT2D eigenvalue weighted by atomic mass is 35.5. The third-order valence-corrected chi connectivity index (χ3v) is 7.57. The van der Waals surface area contributed by atoms with Gasteiger partial charge in [-0.3, -0.25) is 9.10 Å². The van der Waals surface area contributed by atoms with Crippen molar-refractivity contribution in [1.29, 1.82) is 0 Å². The van der Waals surface area contributed by atoms with Gasteiger partial charge in [-0.1, -0.05) is 67.4 Å². The molecule has 186 valence electrons. The number of nitrogens with zero attached hydrogens (tertiary/aromatic N) is 1. The minimum Gasteiger partial charge on any atom is -0.491 e. The second-order valence-electron chi connectivity index (χ2n) is 8.65. The Kier molecular flexibility index (Phi) is 8.81. The normalized spacial score (nSPS) is 11.4. The number of sulfonamides is 1. The molecule has 0 bridgehead atoms. The third-order valence-electron chi connectivity index (χ3n) is 5.56. The van der Waals surface area contributed by atoms with Crippen molar-refractivity contribution in [3.8, 4) is 5.75 Å². The van der Waals surface area contributed by atoms with Gasteiger partial charge in [-0.15, -0.1) is 0 Å². The summed E-state index contributed by atoms with van der Waals surface area (Å²) in [7, 11) is -4.01. The number of hydrogen-bond donors (Lipinski definition) is 1. The number of halogens is 1. The molecule has 0 aliphatic heterocycles. The monoisotopic (exact) mass is 514 g/mol. The number of rotatable bonds is 10. The number of anilines is 1. The number of aryl methyl sites for hydroxylation is 2. The van der Waals surface area contributed by atoms with E-state index in [0.29, 0.717) is 22.2 Å². The van der Waals surface area contributed by atoms with E-state index in [2.05, 4.69) is 19.2 Å². The third kappa shape index (κ3) is 6.77. The molecule has 3 aromatic rings. The first-order valence-electron chi connectivity index (χ1n) is 11.4. The molecule has 6 nitrogen and oxygen atoms in total. The summed E-state index contributed by atoms with van der Waals surface area (Å²) in [5, 5.41) is 3.15. The number of amides is 1. The Morgan fingerprint density at radius 2 is 1.71 bits per heavy atom. The fraction of sp³-hybridized carbons (Fsp3) is 0.296. The van der Waals surface area contributed by atoms with Gasteiger partial charge in [-0.25, -0.2) is 8.42 Å². The molecule has 0 heterocycles. The maximum atomic E-state index is 13.5. The molecule has 1 N–H and O–H groups in total. The van der Waals surface area contributed by atoms with Crippen molar-refractivity contribution in [2.75, 3.05) is 24.0 Å². The molecule has 0 spiro atoms. The van der Waals surface area contributed by atoms with Crippen LogP contribution in [0.15, 0.2) is 71.6 Å². The molecule has 3 aromatic carbocycles. The zero-order valence-corrected chi connectivity index (χ0v) is 22.0. The van der Waals surface area contributed by atoms with Crippen molar-refractivity contribution in [3.05, 3.63) is 88.4 Å². The number of nitrogens with one attached hydrogen (secondary N) is 1. The van der Waals surface area contributed by atoms with Gasteiger partial charge in [0, 0.05) is 5.02 Å². The van der Waals surface area contributed by atoms with Gasteiger partial charge in [0.05, 0.1) is 17.1 Å². The SMILES string of the molecule is Cc1ccc(S(=O)(=O)N(CC(=O)NCCOc2ccccc2C(C)C)c2cc(Cl)ccc2C)cc1. The highest BCUT2D eigenvalue weighted by Crippen LogP contribution is 2.29. The Labute approximate surface area is 212 Å². The topological polar surface area (TPSA) is 75.7 Å². The predicted molar refractivity (Wildman–Crippen MR) is 141 cm³/mol. The van der Waals surface area contributed by atoms with Crippen LogP contribution in [0.2, 0.25) is 5.02 Å². The average Bonchev–Trinajstić information content (AvgIpc) is 2.82. The lowest BCUT2D eigenvalue weighted by atomic mass is 10.0. The molecule has 3 rings (SSSR count). The molecule has 8 heteroatoms. The lowest BCUT2D eigenvalue weighted by molar-refractivity contribution is -0.119. The van der Waals surface area contributed by atoms with Crippen LogP contribution in [-0.4, -0.2) is 34.0 Å². The predicted octanol–water partition coefficient (Wildman–Crippen LogP) is 5.47. The van der Waals surface area contributed by atoms with Crippen molar-refractivity contribution in [1.82, 2.24) is 5.32 Å². The molecule has 1 amide bonds.